The molecule has 0 unspecified atom stereocenters. The first kappa shape index (κ1) is 12.5. The van der Waals surface area contributed by atoms with Crippen molar-refractivity contribution in [3.63, 3.8) is 0 Å². The van der Waals surface area contributed by atoms with Gasteiger partial charge in [-0.25, -0.2) is 4.79 Å². The molecule has 0 aliphatic rings. The molecule has 4 heteroatoms. The molecular weight excluding hydrogens is 240 g/mol. The first-order valence-electron chi connectivity index (χ1n) is 5.57. The van der Waals surface area contributed by atoms with Gasteiger partial charge < -0.3 is 5.11 Å². The molecule has 1 N–H and O–H groups in total. The molecule has 1 heterocycles. The van der Waals surface area contributed by atoms with E-state index in [-0.39, 0.29) is 5.56 Å². The van der Waals surface area contributed by atoms with Crippen molar-refractivity contribution in [2.75, 3.05) is 0 Å². The number of carbonyl (C=O) groups is 1. The van der Waals surface area contributed by atoms with Gasteiger partial charge in [-0.05, 0) is 29.8 Å². The number of nitriles is 1. The van der Waals surface area contributed by atoms with Crippen molar-refractivity contribution in [3.8, 4) is 6.07 Å². The van der Waals surface area contributed by atoms with E-state index in [1.807, 2.05) is 6.07 Å². The first-order valence-corrected chi connectivity index (χ1v) is 5.57. The molecule has 0 aliphatic heterocycles. The summed E-state index contributed by atoms with van der Waals surface area (Å²) in [6.07, 6.45) is 4.87. The second-order valence-electron chi connectivity index (χ2n) is 3.80. The second-order valence-corrected chi connectivity index (χ2v) is 3.80. The van der Waals surface area contributed by atoms with Gasteiger partial charge in [0.05, 0.1) is 17.2 Å². The molecule has 1 aromatic carbocycles. The molecule has 0 radical (unpaired) electrons. The molecule has 19 heavy (non-hydrogen) atoms. The largest absolute Gasteiger partial charge is 0.478 e. The molecule has 0 fully saturated rings. The number of hydrogen-bond donors (Lipinski definition) is 1. The van der Waals surface area contributed by atoms with E-state index in [2.05, 4.69) is 4.98 Å². The summed E-state index contributed by atoms with van der Waals surface area (Å²) in [6.45, 7) is 0. The monoisotopic (exact) mass is 250 g/mol. The lowest BCUT2D eigenvalue weighted by atomic mass is 9.99. The summed E-state index contributed by atoms with van der Waals surface area (Å²) in [5.41, 5.74) is 1.63. The van der Waals surface area contributed by atoms with Crippen LogP contribution in [0.2, 0.25) is 0 Å². The summed E-state index contributed by atoms with van der Waals surface area (Å²) in [5, 5.41) is 18.3. The summed E-state index contributed by atoms with van der Waals surface area (Å²) >= 11 is 0. The van der Waals surface area contributed by atoms with Crippen molar-refractivity contribution >= 4 is 17.6 Å². The van der Waals surface area contributed by atoms with Crippen LogP contribution in [0.1, 0.15) is 21.5 Å². The van der Waals surface area contributed by atoms with Crippen LogP contribution in [0.25, 0.3) is 11.6 Å². The van der Waals surface area contributed by atoms with Crippen LogP contribution in [0.15, 0.2) is 48.8 Å². The summed E-state index contributed by atoms with van der Waals surface area (Å²) in [5.74, 6) is -1.05. The summed E-state index contributed by atoms with van der Waals surface area (Å²) in [6, 6.07) is 12.0. The van der Waals surface area contributed by atoms with Crippen LogP contribution >= 0.6 is 0 Å². The van der Waals surface area contributed by atoms with Gasteiger partial charge in [0.15, 0.2) is 0 Å². The van der Waals surface area contributed by atoms with Gasteiger partial charge in [-0.1, -0.05) is 18.2 Å². The Hall–Kier alpha value is -2.93. The lowest BCUT2D eigenvalue weighted by Crippen LogP contribution is -2.01. The van der Waals surface area contributed by atoms with E-state index in [4.69, 9.17) is 5.11 Å². The summed E-state index contributed by atoms with van der Waals surface area (Å²) < 4.78 is 0. The number of carboxylic acids is 1. The maximum atomic E-state index is 11.1. The van der Waals surface area contributed by atoms with Crippen molar-refractivity contribution in [3.05, 3.63) is 65.5 Å². The Labute approximate surface area is 110 Å². The Morgan fingerprint density at radius 1 is 1.16 bits per heavy atom. The van der Waals surface area contributed by atoms with E-state index < -0.39 is 5.97 Å². The van der Waals surface area contributed by atoms with Gasteiger partial charge in [-0.3, -0.25) is 4.98 Å². The van der Waals surface area contributed by atoms with E-state index >= 15 is 0 Å². The predicted molar refractivity (Wildman–Crippen MR) is 71.1 cm³/mol. The zero-order valence-electron chi connectivity index (χ0n) is 9.95. The quantitative estimate of drug-likeness (QED) is 0.850. The lowest BCUT2D eigenvalue weighted by molar-refractivity contribution is 0.0696. The smallest absolute Gasteiger partial charge is 0.336 e. The minimum absolute atomic E-state index is 0.115. The van der Waals surface area contributed by atoms with Gasteiger partial charge in [0.1, 0.15) is 0 Å². The molecule has 2 rings (SSSR count). The molecule has 1 aromatic heterocycles. The topological polar surface area (TPSA) is 74.0 Å². The highest BCUT2D eigenvalue weighted by Crippen LogP contribution is 2.21. The van der Waals surface area contributed by atoms with Gasteiger partial charge >= 0.3 is 5.97 Å². The minimum atomic E-state index is -1.05. The van der Waals surface area contributed by atoms with Crippen LogP contribution in [-0.2, 0) is 0 Å². The van der Waals surface area contributed by atoms with Crippen LogP contribution in [0.5, 0.6) is 0 Å². The fourth-order valence-corrected chi connectivity index (χ4v) is 1.70. The van der Waals surface area contributed by atoms with Gasteiger partial charge in [-0.15, -0.1) is 0 Å². The number of rotatable bonds is 3. The maximum Gasteiger partial charge on any atom is 0.336 e. The normalized spacial score (nSPS) is 10.8. The minimum Gasteiger partial charge on any atom is -0.478 e. The fourth-order valence-electron chi connectivity index (χ4n) is 1.70. The van der Waals surface area contributed by atoms with Crippen LogP contribution in [0.3, 0.4) is 0 Å². The van der Waals surface area contributed by atoms with Crippen molar-refractivity contribution in [2.24, 2.45) is 0 Å². The molecule has 92 valence electrons. The molecule has 0 aliphatic carbocycles. The average molecular weight is 250 g/mol. The third-order valence-corrected chi connectivity index (χ3v) is 2.59. The summed E-state index contributed by atoms with van der Waals surface area (Å²) in [7, 11) is 0. The Morgan fingerprint density at radius 3 is 2.37 bits per heavy atom. The zero-order chi connectivity index (χ0) is 13.7. The van der Waals surface area contributed by atoms with E-state index in [9.17, 15) is 10.1 Å². The van der Waals surface area contributed by atoms with E-state index in [0.717, 1.165) is 5.56 Å². The fraction of sp³-hybridized carbons (Fsp3) is 0. The summed E-state index contributed by atoms with van der Waals surface area (Å²) in [4.78, 5) is 15.0. The van der Waals surface area contributed by atoms with E-state index in [1.54, 1.807) is 48.8 Å². The standard InChI is InChI=1S/C15H10N2O2/c16-10-12(9-11-5-7-17-8-6-11)13-3-1-2-4-14(13)15(18)19/h1-9H,(H,18,19)/b12-9-. The van der Waals surface area contributed by atoms with E-state index in [0.29, 0.717) is 11.1 Å². The number of aromatic nitrogens is 1. The highest BCUT2D eigenvalue weighted by molar-refractivity contribution is 6.00. The maximum absolute atomic E-state index is 11.1. The SMILES string of the molecule is N#C/C(=C/c1ccncc1)c1ccccc1C(=O)O. The first-order chi connectivity index (χ1) is 9.22. The number of carboxylic acid groups (broad SMARTS) is 1. The Balaban J connectivity index is 2.53. The van der Waals surface area contributed by atoms with Crippen LogP contribution in [0, 0.1) is 11.3 Å². The van der Waals surface area contributed by atoms with E-state index in [1.165, 1.54) is 6.07 Å². The predicted octanol–water partition coefficient (Wildman–Crippen LogP) is 2.84. The number of hydrogen-bond acceptors (Lipinski definition) is 3. The van der Waals surface area contributed by atoms with Crippen molar-refractivity contribution in [2.45, 2.75) is 0 Å². The number of allylic oxidation sites excluding steroid dienone is 1. The number of benzene rings is 1. The van der Waals surface area contributed by atoms with Gasteiger partial charge in [0.25, 0.3) is 0 Å². The molecular formula is C15H10N2O2. The number of nitrogens with zero attached hydrogens (tertiary/aromatic N) is 2. The highest BCUT2D eigenvalue weighted by atomic mass is 16.4. The lowest BCUT2D eigenvalue weighted by Gasteiger charge is -2.04. The average Bonchev–Trinajstić information content (AvgIpc) is 2.46. The third kappa shape index (κ3) is 2.85. The molecule has 0 saturated carbocycles. The second kappa shape index (κ2) is 5.61. The van der Waals surface area contributed by atoms with Gasteiger partial charge in [-0.2, -0.15) is 5.26 Å². The molecule has 0 bridgehead atoms. The highest BCUT2D eigenvalue weighted by Gasteiger charge is 2.12. The third-order valence-electron chi connectivity index (χ3n) is 2.59. The molecule has 2 aromatic rings. The van der Waals surface area contributed by atoms with Crippen molar-refractivity contribution in [1.29, 1.82) is 5.26 Å². The molecule has 0 saturated heterocycles. The van der Waals surface area contributed by atoms with Crippen LogP contribution in [-0.4, -0.2) is 16.1 Å². The Bertz CT molecular complexity index is 670. The molecule has 0 spiro atoms. The van der Waals surface area contributed by atoms with Gasteiger partial charge in [0, 0.05) is 18.0 Å². The van der Waals surface area contributed by atoms with Crippen molar-refractivity contribution < 1.29 is 9.90 Å². The zero-order valence-corrected chi connectivity index (χ0v) is 9.95. The number of pyridine rings is 1. The number of aromatic carboxylic acids is 1. The molecule has 0 amide bonds. The van der Waals surface area contributed by atoms with Crippen LogP contribution in [0.4, 0.5) is 0 Å². The van der Waals surface area contributed by atoms with Crippen LogP contribution < -0.4 is 0 Å². The van der Waals surface area contributed by atoms with Crippen molar-refractivity contribution in [1.82, 2.24) is 4.98 Å². The van der Waals surface area contributed by atoms with Gasteiger partial charge in [0.2, 0.25) is 0 Å². The Morgan fingerprint density at radius 2 is 1.79 bits per heavy atom. The molecule has 0 atom stereocenters. The Kier molecular flexibility index (Phi) is 3.70. The molecule has 4 nitrogen and oxygen atoms in total.